The van der Waals surface area contributed by atoms with Gasteiger partial charge < -0.3 is 0 Å². The Morgan fingerprint density at radius 1 is 1.07 bits per heavy atom. The van der Waals surface area contributed by atoms with Crippen LogP contribution in [0.5, 0.6) is 0 Å². The van der Waals surface area contributed by atoms with E-state index in [1.807, 2.05) is 12.2 Å². The minimum Gasteiger partial charge on any atom is -0.281 e. The minimum absolute atomic E-state index is 0.102. The van der Waals surface area contributed by atoms with Gasteiger partial charge in [-0.3, -0.25) is 40.0 Å². The van der Waals surface area contributed by atoms with E-state index in [1.54, 1.807) is 0 Å². The number of carbonyl (C=O) groups excluding carboxylic acids is 4. The molecule has 0 unspecified atom stereocenters. The van der Waals surface area contributed by atoms with Gasteiger partial charge in [0.05, 0.1) is 11.8 Å². The molecular formula is C19H21N5O4. The van der Waals surface area contributed by atoms with Gasteiger partial charge >= 0.3 is 0 Å². The van der Waals surface area contributed by atoms with Crippen LogP contribution in [0, 0.1) is 23.7 Å². The SMILES string of the molecule is O=C(CN1C(=O)[C@H]2[C@H](C1=O)[C@H]1C=C[C@H]2C1)NNC(=O)c1n[nH]c2c1CCCC2. The number of allylic oxidation sites excluding steroid dienone is 2. The quantitative estimate of drug-likeness (QED) is 0.381. The number of rotatable bonds is 3. The summed E-state index contributed by atoms with van der Waals surface area (Å²) in [6.45, 7) is -0.386. The average Bonchev–Trinajstić information content (AvgIpc) is 3.46. The standard InChI is InChI=1S/C19H21N5O4/c25-13(21-23-17(26)16-11-3-1-2-4-12(11)20-22-16)8-24-18(27)14-9-5-6-10(7-9)15(14)19(24)28/h5-6,9-10,14-15H,1-4,7-8H2,(H,20,22)(H,21,25)(H,23,26)/t9-,10-,14+,15+/m0/s1. The van der Waals surface area contributed by atoms with Gasteiger partial charge in [-0.2, -0.15) is 5.10 Å². The van der Waals surface area contributed by atoms with Gasteiger partial charge in [-0.15, -0.1) is 0 Å². The monoisotopic (exact) mass is 383 g/mol. The number of fused-ring (bicyclic) bond motifs is 6. The first-order chi connectivity index (χ1) is 13.5. The van der Waals surface area contributed by atoms with Crippen molar-refractivity contribution >= 4 is 23.6 Å². The summed E-state index contributed by atoms with van der Waals surface area (Å²) in [6, 6.07) is 0. The van der Waals surface area contributed by atoms with Crippen LogP contribution in [0.3, 0.4) is 0 Å². The molecule has 2 bridgehead atoms. The Bertz CT molecular complexity index is 889. The van der Waals surface area contributed by atoms with Crippen molar-refractivity contribution in [1.82, 2.24) is 25.9 Å². The van der Waals surface area contributed by atoms with Crippen LogP contribution in [0.2, 0.25) is 0 Å². The van der Waals surface area contributed by atoms with E-state index in [0.29, 0.717) is 0 Å². The van der Waals surface area contributed by atoms with Crippen LogP contribution in [0.4, 0.5) is 0 Å². The topological polar surface area (TPSA) is 124 Å². The van der Waals surface area contributed by atoms with Gasteiger partial charge in [0.25, 0.3) is 11.8 Å². The summed E-state index contributed by atoms with van der Waals surface area (Å²) in [4.78, 5) is 50.8. The minimum atomic E-state index is -0.611. The van der Waals surface area contributed by atoms with E-state index in [0.717, 1.165) is 48.3 Å². The number of imide groups is 1. The second kappa shape index (κ2) is 6.29. The molecule has 3 N–H and O–H groups in total. The molecule has 1 aromatic rings. The second-order valence-electron chi connectivity index (χ2n) is 8.00. The number of aryl methyl sites for hydroxylation is 1. The molecule has 4 amide bonds. The molecule has 5 rings (SSSR count). The molecular weight excluding hydrogens is 362 g/mol. The van der Waals surface area contributed by atoms with E-state index in [-0.39, 0.29) is 47.7 Å². The number of amides is 4. The summed E-state index contributed by atoms with van der Waals surface area (Å²) in [7, 11) is 0. The number of nitrogens with zero attached hydrogens (tertiary/aromatic N) is 2. The molecule has 28 heavy (non-hydrogen) atoms. The molecule has 1 aromatic heterocycles. The first kappa shape index (κ1) is 17.2. The zero-order valence-corrected chi connectivity index (χ0v) is 15.2. The Hall–Kier alpha value is -2.97. The summed E-state index contributed by atoms with van der Waals surface area (Å²) >= 11 is 0. The number of likely N-dealkylation sites (tertiary alicyclic amines) is 1. The first-order valence-corrected chi connectivity index (χ1v) is 9.73. The van der Waals surface area contributed by atoms with Crippen LogP contribution in [0.25, 0.3) is 0 Å². The van der Waals surface area contributed by atoms with Crippen molar-refractivity contribution in [3.05, 3.63) is 29.1 Å². The van der Waals surface area contributed by atoms with Gasteiger partial charge in [-0.25, -0.2) is 0 Å². The summed E-state index contributed by atoms with van der Waals surface area (Å²) in [5.41, 5.74) is 6.76. The fourth-order valence-corrected chi connectivity index (χ4v) is 5.16. The Morgan fingerprint density at radius 2 is 1.75 bits per heavy atom. The highest BCUT2D eigenvalue weighted by molar-refractivity contribution is 6.08. The number of hydrazine groups is 1. The van der Waals surface area contributed by atoms with E-state index in [2.05, 4.69) is 21.0 Å². The number of nitrogens with one attached hydrogen (secondary N) is 3. The van der Waals surface area contributed by atoms with Gasteiger partial charge in [-0.1, -0.05) is 12.2 Å². The number of H-pyrrole nitrogens is 1. The zero-order chi connectivity index (χ0) is 19.4. The van der Waals surface area contributed by atoms with Gasteiger partial charge in [0.2, 0.25) is 11.8 Å². The summed E-state index contributed by atoms with van der Waals surface area (Å²) in [5, 5.41) is 6.93. The number of hydrogen-bond donors (Lipinski definition) is 3. The lowest BCUT2D eigenvalue weighted by atomic mass is 9.85. The summed E-state index contributed by atoms with van der Waals surface area (Å²) < 4.78 is 0. The van der Waals surface area contributed by atoms with Crippen molar-refractivity contribution < 1.29 is 19.2 Å². The third-order valence-electron chi connectivity index (χ3n) is 6.45. The fraction of sp³-hybridized carbons (Fsp3) is 0.526. The molecule has 0 spiro atoms. The Kier molecular flexibility index (Phi) is 3.85. The lowest BCUT2D eigenvalue weighted by Crippen LogP contribution is -2.48. The van der Waals surface area contributed by atoms with Crippen LogP contribution in [-0.2, 0) is 27.2 Å². The molecule has 1 saturated carbocycles. The molecule has 1 saturated heterocycles. The van der Waals surface area contributed by atoms with E-state index in [1.165, 1.54) is 0 Å². The highest BCUT2D eigenvalue weighted by Crippen LogP contribution is 2.52. The van der Waals surface area contributed by atoms with Crippen molar-refractivity contribution in [2.45, 2.75) is 32.1 Å². The number of aromatic nitrogens is 2. The fourth-order valence-electron chi connectivity index (χ4n) is 5.16. The molecule has 0 aromatic carbocycles. The van der Waals surface area contributed by atoms with Crippen molar-refractivity contribution in [2.24, 2.45) is 23.7 Å². The second-order valence-corrected chi connectivity index (χ2v) is 8.00. The van der Waals surface area contributed by atoms with Crippen LogP contribution in [-0.4, -0.2) is 45.3 Å². The molecule has 3 aliphatic carbocycles. The normalized spacial score (nSPS) is 29.8. The highest BCUT2D eigenvalue weighted by atomic mass is 16.2. The van der Waals surface area contributed by atoms with Crippen LogP contribution < -0.4 is 10.9 Å². The summed E-state index contributed by atoms with van der Waals surface area (Å²) in [6.07, 6.45) is 8.55. The number of aromatic amines is 1. The number of carbonyl (C=O) groups is 4. The summed E-state index contributed by atoms with van der Waals surface area (Å²) in [5.74, 6) is -2.15. The van der Waals surface area contributed by atoms with Crippen molar-refractivity contribution in [2.75, 3.05) is 6.54 Å². The van der Waals surface area contributed by atoms with E-state index >= 15 is 0 Å². The predicted molar refractivity (Wildman–Crippen MR) is 95.3 cm³/mol. The van der Waals surface area contributed by atoms with Gasteiger partial charge in [0.1, 0.15) is 6.54 Å². The molecule has 146 valence electrons. The Balaban J connectivity index is 1.19. The maximum Gasteiger partial charge on any atom is 0.290 e. The first-order valence-electron chi connectivity index (χ1n) is 9.73. The maximum absolute atomic E-state index is 12.6. The molecule has 9 nitrogen and oxygen atoms in total. The van der Waals surface area contributed by atoms with Crippen molar-refractivity contribution in [3.8, 4) is 0 Å². The Morgan fingerprint density at radius 3 is 2.46 bits per heavy atom. The molecule has 2 heterocycles. The van der Waals surface area contributed by atoms with Crippen molar-refractivity contribution in [3.63, 3.8) is 0 Å². The average molecular weight is 383 g/mol. The third kappa shape index (κ3) is 2.49. The van der Waals surface area contributed by atoms with Gasteiger partial charge in [0.15, 0.2) is 5.69 Å². The largest absolute Gasteiger partial charge is 0.290 e. The van der Waals surface area contributed by atoms with Crippen LogP contribution in [0.15, 0.2) is 12.2 Å². The molecule has 2 fully saturated rings. The number of hydrogen-bond acceptors (Lipinski definition) is 5. The van der Waals surface area contributed by atoms with E-state index in [4.69, 9.17) is 0 Å². The zero-order valence-electron chi connectivity index (χ0n) is 15.2. The van der Waals surface area contributed by atoms with Gasteiger partial charge in [0, 0.05) is 11.3 Å². The lowest BCUT2D eigenvalue weighted by molar-refractivity contribution is -0.144. The van der Waals surface area contributed by atoms with Gasteiger partial charge in [-0.05, 0) is 43.9 Å². The molecule has 4 aliphatic rings. The van der Waals surface area contributed by atoms with Crippen molar-refractivity contribution in [1.29, 1.82) is 0 Å². The predicted octanol–water partition coefficient (Wildman–Crippen LogP) is -0.143. The molecule has 9 heteroatoms. The molecule has 4 atom stereocenters. The van der Waals surface area contributed by atoms with Crippen LogP contribution >= 0.6 is 0 Å². The maximum atomic E-state index is 12.6. The smallest absolute Gasteiger partial charge is 0.281 e. The van der Waals surface area contributed by atoms with Crippen LogP contribution in [0.1, 0.15) is 41.0 Å². The molecule has 0 radical (unpaired) electrons. The lowest BCUT2D eigenvalue weighted by Gasteiger charge is -2.17. The third-order valence-corrected chi connectivity index (χ3v) is 6.45. The molecule has 1 aliphatic heterocycles. The Labute approximate surface area is 160 Å². The van der Waals surface area contributed by atoms with E-state index in [9.17, 15) is 19.2 Å². The van der Waals surface area contributed by atoms with E-state index < -0.39 is 11.8 Å². The highest BCUT2D eigenvalue weighted by Gasteiger charge is 2.59.